The van der Waals surface area contributed by atoms with Gasteiger partial charge >= 0.3 is 12.1 Å². The number of alkyl halides is 3. The zero-order chi connectivity index (χ0) is 36.7. The maximum absolute atomic E-state index is 14.2. The van der Waals surface area contributed by atoms with Gasteiger partial charge in [-0.3, -0.25) is 30.2 Å². The lowest BCUT2D eigenvalue weighted by atomic mass is 9.86. The number of anilines is 2. The van der Waals surface area contributed by atoms with Crippen LogP contribution in [0.5, 0.6) is 0 Å². The molecule has 3 fully saturated rings. The number of pyridine rings is 3. The molecule has 0 aliphatic heterocycles. The normalized spacial score (nSPS) is 17.7. The minimum absolute atomic E-state index is 0.0728. The number of nitrogens with zero attached hydrogens (tertiary/aromatic N) is 5. The Balaban J connectivity index is 1.16. The molecule has 1 amide bonds. The molecule has 4 aromatic heterocycles. The molecule has 0 atom stereocenters. The summed E-state index contributed by atoms with van der Waals surface area (Å²) in [5.74, 6) is -0.846. The molecule has 52 heavy (non-hydrogen) atoms. The van der Waals surface area contributed by atoms with Gasteiger partial charge in [-0.2, -0.15) is 18.2 Å². The second-order valence-corrected chi connectivity index (χ2v) is 14.4. The second kappa shape index (κ2) is 14.1. The van der Waals surface area contributed by atoms with Crippen LogP contribution < -0.4 is 15.5 Å². The molecule has 3 N–H and O–H groups in total. The van der Waals surface area contributed by atoms with Crippen molar-refractivity contribution in [2.45, 2.75) is 82.5 Å². The molecule has 0 spiro atoms. The van der Waals surface area contributed by atoms with Crippen molar-refractivity contribution < 1.29 is 32.2 Å². The van der Waals surface area contributed by atoms with E-state index in [0.29, 0.717) is 63.2 Å². The highest BCUT2D eigenvalue weighted by Gasteiger charge is 2.51. The summed E-state index contributed by atoms with van der Waals surface area (Å²) < 4.78 is 53.4. The van der Waals surface area contributed by atoms with E-state index in [9.17, 15) is 22.8 Å². The van der Waals surface area contributed by atoms with Gasteiger partial charge < -0.3 is 19.4 Å². The van der Waals surface area contributed by atoms with Crippen LogP contribution in [-0.4, -0.2) is 76.3 Å². The number of nitrogens with one attached hydrogen (secondary N) is 3. The topological polar surface area (TPSA) is 147 Å². The maximum atomic E-state index is 14.2. The quantitative estimate of drug-likeness (QED) is 0.125. The molecule has 0 bridgehead atoms. The van der Waals surface area contributed by atoms with Crippen molar-refractivity contribution in [3.63, 3.8) is 0 Å². The first-order chi connectivity index (χ1) is 24.9. The Labute approximate surface area is 299 Å². The van der Waals surface area contributed by atoms with E-state index in [-0.39, 0.29) is 51.5 Å². The third-order valence-corrected chi connectivity index (χ3v) is 10.4. The number of halogens is 3. The number of ether oxygens (including phenoxy) is 2. The Hall–Kier alpha value is -4.63. The summed E-state index contributed by atoms with van der Waals surface area (Å²) >= 11 is 0. The molecule has 0 radical (unpaired) electrons. The summed E-state index contributed by atoms with van der Waals surface area (Å²) in [6.07, 6.45) is 5.41. The van der Waals surface area contributed by atoms with Crippen LogP contribution in [0.4, 0.5) is 24.8 Å². The van der Waals surface area contributed by atoms with Crippen LogP contribution in [0, 0.1) is 5.41 Å². The number of imidazole rings is 1. The summed E-state index contributed by atoms with van der Waals surface area (Å²) in [6, 6.07) is 6.22. The minimum Gasteiger partial charge on any atom is -0.465 e. The SMILES string of the molecule is CCOC(=O)C1(NCc2ccc(C(=O)Nc3nc4nc(-c5cnc(C6CC6)c(C(F)(F)F)c5)cc(N(C)CC5(COC)CCCC5)c4[nH]3)nc2)CC1. The summed E-state index contributed by atoms with van der Waals surface area (Å²) in [5.41, 5.74) is 1.45. The van der Waals surface area contributed by atoms with Gasteiger partial charge in [-0.05, 0) is 69.2 Å². The van der Waals surface area contributed by atoms with Crippen LogP contribution in [-0.2, 0) is 27.0 Å². The Kier molecular flexibility index (Phi) is 9.67. The van der Waals surface area contributed by atoms with Crippen LogP contribution >= 0.6 is 0 Å². The van der Waals surface area contributed by atoms with Gasteiger partial charge in [0.25, 0.3) is 5.91 Å². The van der Waals surface area contributed by atoms with Crippen molar-refractivity contribution >= 4 is 34.7 Å². The van der Waals surface area contributed by atoms with Crippen LogP contribution in [0.15, 0.2) is 36.7 Å². The molecular weight excluding hydrogens is 677 g/mol. The Morgan fingerprint density at radius 1 is 1.06 bits per heavy atom. The highest BCUT2D eigenvalue weighted by atomic mass is 19.4. The number of carbonyl (C=O) groups excluding carboxylic acids is 2. The van der Waals surface area contributed by atoms with E-state index in [4.69, 9.17) is 9.47 Å². The smallest absolute Gasteiger partial charge is 0.418 e. The first kappa shape index (κ1) is 35.8. The van der Waals surface area contributed by atoms with E-state index in [1.165, 1.54) is 6.20 Å². The third kappa shape index (κ3) is 7.47. The first-order valence-corrected chi connectivity index (χ1v) is 17.8. The van der Waals surface area contributed by atoms with Crippen LogP contribution in [0.25, 0.3) is 22.4 Å². The largest absolute Gasteiger partial charge is 0.465 e. The Bertz CT molecular complexity index is 1950. The summed E-state index contributed by atoms with van der Waals surface area (Å²) in [5, 5.41) is 6.01. The molecule has 0 unspecified atom stereocenters. The number of aromatic amines is 1. The van der Waals surface area contributed by atoms with Gasteiger partial charge in [0, 0.05) is 56.5 Å². The molecular formula is C37H43F3N8O4. The van der Waals surface area contributed by atoms with E-state index in [0.717, 1.165) is 37.3 Å². The molecule has 3 aliphatic carbocycles. The number of hydrogen-bond donors (Lipinski definition) is 3. The van der Waals surface area contributed by atoms with Gasteiger partial charge in [0.15, 0.2) is 5.65 Å². The summed E-state index contributed by atoms with van der Waals surface area (Å²) in [7, 11) is 3.62. The number of fused-ring (bicyclic) bond motifs is 1. The molecule has 276 valence electrons. The number of esters is 1. The van der Waals surface area contributed by atoms with E-state index >= 15 is 0 Å². The lowest BCUT2D eigenvalue weighted by Gasteiger charge is -2.34. The molecule has 7 rings (SSSR count). The van der Waals surface area contributed by atoms with Crippen molar-refractivity contribution in [3.05, 3.63) is 59.2 Å². The fourth-order valence-corrected chi connectivity index (χ4v) is 7.33. The van der Waals surface area contributed by atoms with Crippen molar-refractivity contribution in [2.24, 2.45) is 5.41 Å². The Morgan fingerprint density at radius 2 is 1.83 bits per heavy atom. The van der Waals surface area contributed by atoms with Crippen LogP contribution in [0.3, 0.4) is 0 Å². The number of hydrogen-bond acceptors (Lipinski definition) is 10. The van der Waals surface area contributed by atoms with E-state index < -0.39 is 23.2 Å². The fourth-order valence-electron chi connectivity index (χ4n) is 7.33. The van der Waals surface area contributed by atoms with Gasteiger partial charge in [0.2, 0.25) is 5.95 Å². The maximum Gasteiger partial charge on any atom is 0.418 e. The van der Waals surface area contributed by atoms with Gasteiger partial charge in [0.1, 0.15) is 16.7 Å². The number of carbonyl (C=O) groups is 2. The molecule has 0 saturated heterocycles. The van der Waals surface area contributed by atoms with Crippen molar-refractivity contribution in [3.8, 4) is 11.3 Å². The average molecular weight is 721 g/mol. The first-order valence-electron chi connectivity index (χ1n) is 17.8. The Morgan fingerprint density at radius 3 is 2.46 bits per heavy atom. The van der Waals surface area contributed by atoms with Crippen LogP contribution in [0.2, 0.25) is 0 Å². The van der Waals surface area contributed by atoms with Gasteiger partial charge in [-0.15, -0.1) is 0 Å². The molecule has 4 heterocycles. The minimum atomic E-state index is -4.56. The van der Waals surface area contributed by atoms with E-state index in [1.54, 1.807) is 38.4 Å². The van der Waals surface area contributed by atoms with Crippen molar-refractivity contribution in [2.75, 3.05) is 44.1 Å². The predicted octanol–water partition coefficient (Wildman–Crippen LogP) is 6.39. The number of H-pyrrole nitrogens is 1. The summed E-state index contributed by atoms with van der Waals surface area (Å²) in [4.78, 5) is 48.6. The van der Waals surface area contributed by atoms with E-state index in [2.05, 4.69) is 40.5 Å². The summed E-state index contributed by atoms with van der Waals surface area (Å²) in [6.45, 7) is 3.70. The molecule has 3 aliphatic rings. The highest BCUT2D eigenvalue weighted by Crippen LogP contribution is 2.46. The highest BCUT2D eigenvalue weighted by molar-refractivity contribution is 6.03. The molecule has 4 aromatic rings. The number of amides is 1. The van der Waals surface area contributed by atoms with Crippen LogP contribution in [0.1, 0.15) is 91.5 Å². The third-order valence-electron chi connectivity index (χ3n) is 10.4. The second-order valence-electron chi connectivity index (χ2n) is 14.4. The average Bonchev–Trinajstić information content (AvgIpc) is 4.04. The van der Waals surface area contributed by atoms with Gasteiger partial charge in [-0.1, -0.05) is 18.9 Å². The number of rotatable bonds is 14. The monoisotopic (exact) mass is 720 g/mol. The number of aromatic nitrogens is 5. The number of methoxy groups -OCH3 is 1. The van der Waals surface area contributed by atoms with Crippen molar-refractivity contribution in [1.82, 2.24) is 30.2 Å². The molecule has 12 nitrogen and oxygen atoms in total. The zero-order valence-corrected chi connectivity index (χ0v) is 29.5. The predicted molar refractivity (Wildman–Crippen MR) is 188 cm³/mol. The fraction of sp³-hybridized carbons (Fsp3) is 0.514. The standard InChI is InChI=1S/C37H43F3N8O4/c1-4-52-33(50)36(13-14-36)43-18-22-7-10-26(41-17-22)32(49)47-34-45-30-28(48(2)20-35(21-51-3)11-5-6-12-35)16-27(44-31(30)46-34)24-15-25(37(38,39)40)29(42-19-24)23-8-9-23/h7,10,15-17,19,23,43H,4-6,8-9,11-14,18,20-21H2,1-3H3,(H2,44,45,46,47,49). The van der Waals surface area contributed by atoms with Gasteiger partial charge in [-0.25, -0.2) is 4.98 Å². The van der Waals surface area contributed by atoms with Crippen molar-refractivity contribution in [1.29, 1.82) is 0 Å². The lowest BCUT2D eigenvalue weighted by molar-refractivity contribution is -0.147. The molecule has 0 aromatic carbocycles. The lowest BCUT2D eigenvalue weighted by Crippen LogP contribution is -2.40. The molecule has 3 saturated carbocycles. The zero-order valence-electron chi connectivity index (χ0n) is 29.5. The van der Waals surface area contributed by atoms with Gasteiger partial charge in [0.05, 0.1) is 35.9 Å². The van der Waals surface area contributed by atoms with E-state index in [1.807, 2.05) is 7.05 Å². The molecule has 15 heteroatoms.